The van der Waals surface area contributed by atoms with Crippen molar-refractivity contribution in [2.75, 3.05) is 0 Å². The summed E-state index contributed by atoms with van der Waals surface area (Å²) in [4.78, 5) is 0. The van der Waals surface area contributed by atoms with E-state index in [4.69, 9.17) is 24.7 Å². The molecule has 0 aromatic carbocycles. The van der Waals surface area contributed by atoms with Crippen molar-refractivity contribution < 1.29 is 24.7 Å². The first-order chi connectivity index (χ1) is 8.66. The second-order valence-electron chi connectivity index (χ2n) is 5.52. The lowest BCUT2D eigenvalue weighted by atomic mass is 11.8. The van der Waals surface area contributed by atoms with E-state index in [0.717, 1.165) is 10.5 Å². The highest BCUT2D eigenvalue weighted by molar-refractivity contribution is 6.83. The Bertz CT molecular complexity index is 237. The van der Waals surface area contributed by atoms with Gasteiger partial charge >= 0.3 is 8.56 Å². The highest BCUT2D eigenvalue weighted by Gasteiger charge is 2.33. The van der Waals surface area contributed by atoms with Crippen molar-refractivity contribution in [2.45, 2.75) is 39.3 Å². The van der Waals surface area contributed by atoms with Crippen LogP contribution in [0.5, 0.6) is 0 Å². The second kappa shape index (κ2) is 10.1. The highest BCUT2D eigenvalue weighted by atomic mass is 28.5. The standard InChI is InChI=1S/C6H28O6Si7/c1-17(10-16-9-15-8-14-7-13)11-19(5,6)12-18(2,3)4/h17H,14-16H2,1-6,13H3. The van der Waals surface area contributed by atoms with E-state index in [1.807, 2.05) is 6.55 Å². The van der Waals surface area contributed by atoms with Crippen LogP contribution in [-0.2, 0) is 24.7 Å². The molecule has 0 aromatic heterocycles. The minimum Gasteiger partial charge on any atom is -0.449 e. The third kappa shape index (κ3) is 14.0. The zero-order valence-corrected chi connectivity index (χ0v) is 22.5. The van der Waals surface area contributed by atoms with E-state index in [-0.39, 0.29) is 0 Å². The molecule has 0 amide bonds. The third-order valence-electron chi connectivity index (χ3n) is 1.76. The average Bonchev–Trinajstić information content (AvgIpc) is 2.18. The molecule has 6 nitrogen and oxygen atoms in total. The minimum atomic E-state index is -2.05. The quantitative estimate of drug-likeness (QED) is 0.292. The first kappa shape index (κ1) is 20.3. The SMILES string of the molecule is C[SiH](O[SiH2]O[SiH2]O[SiH2]O[SiH3])O[Si](C)(C)O[Si](C)(C)C. The van der Waals surface area contributed by atoms with E-state index < -0.39 is 56.2 Å². The van der Waals surface area contributed by atoms with Crippen LogP contribution in [0.3, 0.4) is 0 Å². The Morgan fingerprint density at radius 3 is 2.05 bits per heavy atom. The van der Waals surface area contributed by atoms with E-state index in [0.29, 0.717) is 0 Å². The summed E-state index contributed by atoms with van der Waals surface area (Å²) in [5, 5.41) is 0. The summed E-state index contributed by atoms with van der Waals surface area (Å²) in [7, 11) is -7.00. The molecule has 0 heterocycles. The Balaban J connectivity index is 3.75. The van der Waals surface area contributed by atoms with Crippen molar-refractivity contribution in [3.05, 3.63) is 0 Å². The van der Waals surface area contributed by atoms with Crippen LogP contribution >= 0.6 is 0 Å². The van der Waals surface area contributed by atoms with E-state index in [1.54, 1.807) is 0 Å². The van der Waals surface area contributed by atoms with Crippen LogP contribution in [0.2, 0.25) is 39.3 Å². The molecule has 0 aliphatic rings. The number of hydrogen-bond acceptors (Lipinski definition) is 6. The molecule has 0 aromatic rings. The second-order valence-corrected chi connectivity index (χ2v) is 23.1. The van der Waals surface area contributed by atoms with Gasteiger partial charge in [0.25, 0.3) is 39.3 Å². The fraction of sp³-hybridized carbons (Fsp3) is 1.00. The Labute approximate surface area is 130 Å². The monoisotopic (exact) mass is 392 g/mol. The molecule has 1 atom stereocenters. The van der Waals surface area contributed by atoms with E-state index in [9.17, 15) is 0 Å². The minimum absolute atomic E-state index is 0.736. The smallest absolute Gasteiger partial charge is 0.312 e. The van der Waals surface area contributed by atoms with Crippen LogP contribution in [0.15, 0.2) is 0 Å². The molecule has 0 spiro atoms. The molecule has 0 aliphatic heterocycles. The van der Waals surface area contributed by atoms with Gasteiger partial charge in [-0.15, -0.1) is 0 Å². The van der Waals surface area contributed by atoms with Gasteiger partial charge in [0.05, 0.1) is 0 Å². The molecule has 19 heavy (non-hydrogen) atoms. The van der Waals surface area contributed by atoms with E-state index >= 15 is 0 Å². The summed E-state index contributed by atoms with van der Waals surface area (Å²) in [6.45, 7) is 12.8. The summed E-state index contributed by atoms with van der Waals surface area (Å²) in [5.74, 6) is 0. The molecular weight excluding hydrogens is 365 g/mol. The van der Waals surface area contributed by atoms with Crippen LogP contribution < -0.4 is 0 Å². The van der Waals surface area contributed by atoms with Gasteiger partial charge in [-0.05, 0) is 39.3 Å². The van der Waals surface area contributed by atoms with Crippen LogP contribution in [0.4, 0.5) is 0 Å². The van der Waals surface area contributed by atoms with Gasteiger partial charge in [-0.3, -0.25) is 0 Å². The van der Waals surface area contributed by atoms with Crippen molar-refractivity contribution in [3.8, 4) is 0 Å². The lowest BCUT2D eigenvalue weighted by molar-refractivity contribution is 0.337. The summed E-state index contributed by atoms with van der Waals surface area (Å²) in [6, 6.07) is 0. The van der Waals surface area contributed by atoms with E-state index in [1.165, 1.54) is 0 Å². The maximum atomic E-state index is 6.12. The Hall–Kier alpha value is 1.28. The van der Waals surface area contributed by atoms with Crippen molar-refractivity contribution in [2.24, 2.45) is 0 Å². The summed E-state index contributed by atoms with van der Waals surface area (Å²) in [5.41, 5.74) is 0. The van der Waals surface area contributed by atoms with Gasteiger partial charge < -0.3 is 24.7 Å². The van der Waals surface area contributed by atoms with Gasteiger partial charge in [-0.2, -0.15) is 0 Å². The predicted molar refractivity (Wildman–Crippen MR) is 95.9 cm³/mol. The lowest BCUT2D eigenvalue weighted by Crippen LogP contribution is -2.48. The lowest BCUT2D eigenvalue weighted by Gasteiger charge is -2.33. The molecule has 0 fully saturated rings. The fourth-order valence-corrected chi connectivity index (χ4v) is 18.4. The molecule has 0 aliphatic carbocycles. The van der Waals surface area contributed by atoms with Gasteiger partial charge in [0, 0.05) is 0 Å². The molecule has 0 radical (unpaired) electrons. The maximum absolute atomic E-state index is 6.12. The van der Waals surface area contributed by atoms with Gasteiger partial charge in [-0.25, -0.2) is 0 Å². The Morgan fingerprint density at radius 2 is 1.53 bits per heavy atom. The maximum Gasteiger partial charge on any atom is 0.312 e. The zero-order valence-electron chi connectivity index (χ0n) is 13.1. The molecule has 116 valence electrons. The number of hydrogen-bond donors (Lipinski definition) is 0. The fourth-order valence-electron chi connectivity index (χ4n) is 1.55. The van der Waals surface area contributed by atoms with E-state index in [2.05, 4.69) is 32.7 Å². The van der Waals surface area contributed by atoms with Crippen LogP contribution in [-0.4, -0.2) is 66.7 Å². The molecule has 13 heteroatoms. The van der Waals surface area contributed by atoms with Crippen molar-refractivity contribution >= 4 is 66.7 Å². The molecular formula is C6H28O6Si7. The molecule has 0 rings (SSSR count). The first-order valence-electron chi connectivity index (χ1n) is 6.30. The molecule has 0 saturated carbocycles. The summed E-state index contributed by atoms with van der Waals surface area (Å²) < 4.78 is 33.7. The molecule has 0 N–H and O–H groups in total. The average molecular weight is 393 g/mol. The third-order valence-corrected chi connectivity index (χ3v) is 15.8. The first-order valence-corrected chi connectivity index (χ1v) is 18.9. The Kier molecular flexibility index (Phi) is 10.8. The Morgan fingerprint density at radius 1 is 0.947 bits per heavy atom. The zero-order chi connectivity index (χ0) is 14.9. The molecule has 1 unspecified atom stereocenters. The van der Waals surface area contributed by atoms with Crippen LogP contribution in [0.25, 0.3) is 0 Å². The van der Waals surface area contributed by atoms with Crippen LogP contribution in [0, 0.1) is 0 Å². The molecule has 0 bridgehead atoms. The summed E-state index contributed by atoms with van der Waals surface area (Å²) in [6.07, 6.45) is 0. The van der Waals surface area contributed by atoms with Gasteiger partial charge in [0.2, 0.25) is 0 Å². The van der Waals surface area contributed by atoms with Gasteiger partial charge in [0.1, 0.15) is 10.5 Å². The number of rotatable bonds is 11. The molecule has 0 saturated heterocycles. The normalized spacial score (nSPS) is 16.7. The van der Waals surface area contributed by atoms with Gasteiger partial charge in [-0.1, -0.05) is 0 Å². The summed E-state index contributed by atoms with van der Waals surface area (Å²) >= 11 is 0. The van der Waals surface area contributed by atoms with Gasteiger partial charge in [0.15, 0.2) is 8.32 Å². The highest BCUT2D eigenvalue weighted by Crippen LogP contribution is 2.16. The predicted octanol–water partition coefficient (Wildman–Crippen LogP) is -2.25. The van der Waals surface area contributed by atoms with Crippen molar-refractivity contribution in [1.29, 1.82) is 0 Å². The largest absolute Gasteiger partial charge is 0.449 e. The van der Waals surface area contributed by atoms with Crippen LogP contribution in [0.1, 0.15) is 0 Å². The van der Waals surface area contributed by atoms with Crippen molar-refractivity contribution in [1.82, 2.24) is 0 Å². The topological polar surface area (TPSA) is 55.4 Å². The van der Waals surface area contributed by atoms with Crippen molar-refractivity contribution in [3.63, 3.8) is 0 Å².